The predicted octanol–water partition coefficient (Wildman–Crippen LogP) is 2.63. The number of pyridine rings is 1. The van der Waals surface area contributed by atoms with Crippen LogP contribution in [0.1, 0.15) is 17.0 Å². The molecule has 2 aromatic heterocycles. The number of aromatic nitrogens is 3. The van der Waals surface area contributed by atoms with Crippen LogP contribution in [0.15, 0.2) is 52.1 Å². The van der Waals surface area contributed by atoms with Crippen molar-refractivity contribution in [2.45, 2.75) is 19.3 Å². The summed E-state index contributed by atoms with van der Waals surface area (Å²) in [5.41, 5.74) is 3.27. The van der Waals surface area contributed by atoms with Crippen molar-refractivity contribution < 1.29 is 9.26 Å². The Balaban J connectivity index is 0.00000256. The van der Waals surface area contributed by atoms with Crippen LogP contribution in [0.3, 0.4) is 0 Å². The minimum Gasteiger partial charge on any atom is -0.493 e. The number of halogens is 1. The SMILES string of the molecule is CN=C(NCCc1ccc2c(c1)CCO2)NCCc1noc(-c2ccccn2)n1.I. The number of fused-ring (bicyclic) bond motifs is 1. The molecule has 0 unspecified atom stereocenters. The van der Waals surface area contributed by atoms with E-state index in [0.29, 0.717) is 30.4 Å². The molecular weight excluding hydrogens is 495 g/mol. The summed E-state index contributed by atoms with van der Waals surface area (Å²) in [6.07, 6.45) is 4.25. The Morgan fingerprint density at radius 2 is 2.00 bits per heavy atom. The molecule has 1 aromatic carbocycles. The average Bonchev–Trinajstić information content (AvgIpc) is 3.42. The summed E-state index contributed by atoms with van der Waals surface area (Å²) >= 11 is 0. The van der Waals surface area contributed by atoms with Crippen molar-refractivity contribution in [1.29, 1.82) is 0 Å². The molecule has 1 aliphatic rings. The zero-order valence-corrected chi connectivity index (χ0v) is 19.1. The molecule has 30 heavy (non-hydrogen) atoms. The standard InChI is InChI=1S/C21H24N6O2.HI/c1-22-21(24-11-7-15-5-6-18-16(14-15)9-13-28-18)25-12-8-19-26-20(29-27-19)17-4-2-3-10-23-17;/h2-6,10,14H,7-9,11-13H2,1H3,(H2,22,24,25);1H. The minimum atomic E-state index is 0. The number of nitrogens with zero attached hydrogens (tertiary/aromatic N) is 4. The van der Waals surface area contributed by atoms with Crippen molar-refractivity contribution in [2.24, 2.45) is 4.99 Å². The molecule has 4 rings (SSSR count). The highest BCUT2D eigenvalue weighted by Gasteiger charge is 2.12. The summed E-state index contributed by atoms with van der Waals surface area (Å²) in [4.78, 5) is 12.9. The van der Waals surface area contributed by atoms with Crippen LogP contribution in [-0.2, 0) is 19.3 Å². The lowest BCUT2D eigenvalue weighted by Crippen LogP contribution is -2.39. The van der Waals surface area contributed by atoms with Crippen molar-refractivity contribution in [3.05, 3.63) is 59.5 Å². The van der Waals surface area contributed by atoms with Crippen molar-refractivity contribution in [2.75, 3.05) is 26.7 Å². The molecule has 0 atom stereocenters. The van der Waals surface area contributed by atoms with Gasteiger partial charge in [-0.1, -0.05) is 23.4 Å². The van der Waals surface area contributed by atoms with Gasteiger partial charge >= 0.3 is 0 Å². The van der Waals surface area contributed by atoms with Crippen LogP contribution in [0.4, 0.5) is 0 Å². The maximum atomic E-state index is 5.56. The van der Waals surface area contributed by atoms with Crippen LogP contribution < -0.4 is 15.4 Å². The van der Waals surface area contributed by atoms with Crippen LogP contribution >= 0.6 is 24.0 Å². The van der Waals surface area contributed by atoms with Gasteiger partial charge in [-0.3, -0.25) is 9.98 Å². The number of aliphatic imine (C=N–C) groups is 1. The van der Waals surface area contributed by atoms with Crippen LogP contribution in [0.2, 0.25) is 0 Å². The van der Waals surface area contributed by atoms with Gasteiger partial charge in [-0.25, -0.2) is 0 Å². The summed E-state index contributed by atoms with van der Waals surface area (Å²) in [5, 5.41) is 10.6. The number of hydrogen-bond donors (Lipinski definition) is 2. The molecule has 0 aliphatic carbocycles. The van der Waals surface area contributed by atoms with E-state index < -0.39 is 0 Å². The first kappa shape index (κ1) is 22.0. The third-order valence-corrected chi connectivity index (χ3v) is 4.68. The summed E-state index contributed by atoms with van der Waals surface area (Å²) in [5.74, 6) is 2.84. The summed E-state index contributed by atoms with van der Waals surface area (Å²) in [6.45, 7) is 2.24. The van der Waals surface area contributed by atoms with Crippen LogP contribution in [-0.4, -0.2) is 47.8 Å². The Labute approximate surface area is 192 Å². The molecule has 3 heterocycles. The molecule has 0 fully saturated rings. The van der Waals surface area contributed by atoms with Gasteiger partial charge < -0.3 is 19.9 Å². The zero-order valence-electron chi connectivity index (χ0n) is 16.8. The number of rotatable bonds is 7. The Bertz CT molecular complexity index is 977. The second kappa shape index (κ2) is 10.9. The van der Waals surface area contributed by atoms with E-state index >= 15 is 0 Å². The van der Waals surface area contributed by atoms with E-state index in [2.05, 4.69) is 48.9 Å². The Hall–Kier alpha value is -2.69. The second-order valence-corrected chi connectivity index (χ2v) is 6.70. The molecule has 9 heteroatoms. The maximum absolute atomic E-state index is 5.56. The van der Waals surface area contributed by atoms with Crippen molar-refractivity contribution in [1.82, 2.24) is 25.8 Å². The average molecular weight is 520 g/mol. The molecule has 0 saturated carbocycles. The van der Waals surface area contributed by atoms with Gasteiger partial charge in [0.25, 0.3) is 5.89 Å². The van der Waals surface area contributed by atoms with Gasteiger partial charge in [-0.2, -0.15) is 4.98 Å². The van der Waals surface area contributed by atoms with E-state index in [1.807, 2.05) is 18.2 Å². The summed E-state index contributed by atoms with van der Waals surface area (Å²) in [7, 11) is 1.76. The second-order valence-electron chi connectivity index (χ2n) is 6.70. The molecule has 0 spiro atoms. The predicted molar refractivity (Wildman–Crippen MR) is 125 cm³/mol. The fourth-order valence-electron chi connectivity index (χ4n) is 3.18. The number of nitrogens with one attached hydrogen (secondary N) is 2. The lowest BCUT2D eigenvalue weighted by molar-refractivity contribution is 0.357. The van der Waals surface area contributed by atoms with Gasteiger partial charge in [-0.05, 0) is 35.7 Å². The zero-order chi connectivity index (χ0) is 19.9. The van der Waals surface area contributed by atoms with Gasteiger partial charge in [-0.15, -0.1) is 24.0 Å². The van der Waals surface area contributed by atoms with Crippen LogP contribution in [0, 0.1) is 0 Å². The summed E-state index contributed by atoms with van der Waals surface area (Å²) in [6, 6.07) is 12.0. The molecule has 0 amide bonds. The van der Waals surface area contributed by atoms with Crippen LogP contribution in [0.5, 0.6) is 5.75 Å². The Morgan fingerprint density at radius 3 is 2.80 bits per heavy atom. The van der Waals surface area contributed by atoms with E-state index in [9.17, 15) is 0 Å². The molecule has 1 aliphatic heterocycles. The fraction of sp³-hybridized carbons (Fsp3) is 0.333. The van der Waals surface area contributed by atoms with E-state index in [-0.39, 0.29) is 24.0 Å². The third kappa shape index (κ3) is 5.68. The largest absolute Gasteiger partial charge is 0.493 e. The highest BCUT2D eigenvalue weighted by molar-refractivity contribution is 14.0. The van der Waals surface area contributed by atoms with Crippen LogP contribution in [0.25, 0.3) is 11.6 Å². The third-order valence-electron chi connectivity index (χ3n) is 4.68. The fourth-order valence-corrected chi connectivity index (χ4v) is 3.18. The van der Waals surface area contributed by atoms with Gasteiger partial charge in [0.05, 0.1) is 6.61 Å². The van der Waals surface area contributed by atoms with Gasteiger partial charge in [0.2, 0.25) is 0 Å². The Morgan fingerprint density at radius 1 is 1.13 bits per heavy atom. The quantitative estimate of drug-likeness (QED) is 0.281. The highest BCUT2D eigenvalue weighted by atomic mass is 127. The number of hydrogen-bond acceptors (Lipinski definition) is 6. The van der Waals surface area contributed by atoms with E-state index in [4.69, 9.17) is 9.26 Å². The highest BCUT2D eigenvalue weighted by Crippen LogP contribution is 2.25. The normalized spacial score (nSPS) is 12.6. The van der Waals surface area contributed by atoms with Gasteiger partial charge in [0.15, 0.2) is 11.8 Å². The molecule has 8 nitrogen and oxygen atoms in total. The van der Waals surface area contributed by atoms with Crippen molar-refractivity contribution >= 4 is 29.9 Å². The summed E-state index contributed by atoms with van der Waals surface area (Å²) < 4.78 is 10.8. The van der Waals surface area contributed by atoms with E-state index in [0.717, 1.165) is 37.7 Å². The number of ether oxygens (including phenoxy) is 1. The maximum Gasteiger partial charge on any atom is 0.276 e. The van der Waals surface area contributed by atoms with E-state index in [1.54, 1.807) is 13.2 Å². The lowest BCUT2D eigenvalue weighted by Gasteiger charge is -2.11. The minimum absolute atomic E-state index is 0. The lowest BCUT2D eigenvalue weighted by atomic mass is 10.1. The molecule has 0 bridgehead atoms. The molecule has 3 aromatic rings. The van der Waals surface area contributed by atoms with Crippen molar-refractivity contribution in [3.8, 4) is 17.3 Å². The van der Waals surface area contributed by atoms with Gasteiger partial charge in [0, 0.05) is 39.2 Å². The number of guanidine groups is 1. The molecular formula is C21H25IN6O2. The van der Waals surface area contributed by atoms with E-state index in [1.165, 1.54) is 11.1 Å². The first-order chi connectivity index (χ1) is 14.3. The molecule has 158 valence electrons. The first-order valence-corrected chi connectivity index (χ1v) is 9.75. The monoisotopic (exact) mass is 520 g/mol. The van der Waals surface area contributed by atoms with Gasteiger partial charge in [0.1, 0.15) is 11.4 Å². The first-order valence-electron chi connectivity index (χ1n) is 9.75. The topological polar surface area (TPSA) is 97.5 Å². The smallest absolute Gasteiger partial charge is 0.276 e. The number of benzene rings is 1. The molecule has 2 N–H and O–H groups in total. The van der Waals surface area contributed by atoms with Crippen molar-refractivity contribution in [3.63, 3.8) is 0 Å². The Kier molecular flexibility index (Phi) is 8.00. The molecule has 0 saturated heterocycles. The molecule has 0 radical (unpaired) electrons.